The Bertz CT molecular complexity index is 965. The third kappa shape index (κ3) is 5.32. The van der Waals surface area contributed by atoms with Gasteiger partial charge in [-0.1, -0.05) is 35.8 Å². The van der Waals surface area contributed by atoms with Crippen LogP contribution in [-0.2, 0) is 24.3 Å². The fraction of sp³-hybridized carbons (Fsp3) is 0.348. The lowest BCUT2D eigenvalue weighted by molar-refractivity contribution is -0.118. The fourth-order valence-electron chi connectivity index (χ4n) is 3.36. The number of pyridine rings is 1. The molecular formula is C23H27BrN4O. The van der Waals surface area contributed by atoms with E-state index in [0.29, 0.717) is 18.9 Å². The van der Waals surface area contributed by atoms with E-state index in [1.54, 1.807) is 11.1 Å². The highest BCUT2D eigenvalue weighted by atomic mass is 79.9. The van der Waals surface area contributed by atoms with Crippen LogP contribution >= 0.6 is 15.9 Å². The van der Waals surface area contributed by atoms with Crippen LogP contribution < -0.4 is 4.90 Å². The normalized spacial score (nSPS) is 11.1. The van der Waals surface area contributed by atoms with Gasteiger partial charge in [-0.15, -0.1) is 0 Å². The zero-order valence-corrected chi connectivity index (χ0v) is 19.0. The third-order valence-corrected chi connectivity index (χ3v) is 5.41. The van der Waals surface area contributed by atoms with Crippen molar-refractivity contribution in [2.24, 2.45) is 5.92 Å². The number of benzene rings is 1. The van der Waals surface area contributed by atoms with Crippen LogP contribution in [-0.4, -0.2) is 20.7 Å². The van der Waals surface area contributed by atoms with Crippen molar-refractivity contribution in [3.05, 3.63) is 75.8 Å². The van der Waals surface area contributed by atoms with E-state index in [-0.39, 0.29) is 5.91 Å². The van der Waals surface area contributed by atoms with Gasteiger partial charge in [0.2, 0.25) is 5.91 Å². The summed E-state index contributed by atoms with van der Waals surface area (Å²) in [7, 11) is 0. The first kappa shape index (κ1) is 21.2. The van der Waals surface area contributed by atoms with E-state index in [0.717, 1.165) is 39.4 Å². The Morgan fingerprint density at radius 3 is 2.48 bits per heavy atom. The molecule has 1 amide bonds. The molecule has 0 aliphatic carbocycles. The number of carbonyl (C=O) groups is 1. The molecule has 1 aromatic carbocycles. The number of carbonyl (C=O) groups excluding carboxylic acids is 1. The van der Waals surface area contributed by atoms with E-state index in [2.05, 4.69) is 39.9 Å². The second kappa shape index (κ2) is 9.35. The molecule has 3 aromatic rings. The largest absolute Gasteiger partial charge is 0.306 e. The summed E-state index contributed by atoms with van der Waals surface area (Å²) in [4.78, 5) is 19.6. The maximum absolute atomic E-state index is 13.4. The van der Waals surface area contributed by atoms with E-state index in [1.807, 2.05) is 61.0 Å². The van der Waals surface area contributed by atoms with Crippen molar-refractivity contribution in [3.8, 4) is 0 Å². The number of nitrogens with zero attached hydrogens (tertiary/aromatic N) is 4. The molecule has 0 atom stereocenters. The standard InChI is InChI=1S/C23H27BrN4O/c1-16(2)14-28-18(4)22(17(3)26-28)13-23(29)27(15-20-7-5-6-12-25-20)21-10-8-19(24)9-11-21/h5-12,16H,13-15H2,1-4H3. The number of hydrogen-bond acceptors (Lipinski definition) is 3. The molecule has 2 heterocycles. The van der Waals surface area contributed by atoms with Crippen molar-refractivity contribution in [1.82, 2.24) is 14.8 Å². The van der Waals surface area contributed by atoms with E-state index in [9.17, 15) is 4.79 Å². The Morgan fingerprint density at radius 2 is 1.86 bits per heavy atom. The molecular weight excluding hydrogens is 428 g/mol. The van der Waals surface area contributed by atoms with Crippen LogP contribution in [0.2, 0.25) is 0 Å². The van der Waals surface area contributed by atoms with Crippen molar-refractivity contribution in [1.29, 1.82) is 0 Å². The van der Waals surface area contributed by atoms with Crippen LogP contribution in [0.4, 0.5) is 5.69 Å². The molecule has 0 bridgehead atoms. The van der Waals surface area contributed by atoms with Crippen molar-refractivity contribution in [2.75, 3.05) is 4.90 Å². The molecule has 0 saturated carbocycles. The molecule has 5 nitrogen and oxygen atoms in total. The molecule has 0 unspecified atom stereocenters. The Labute approximate surface area is 180 Å². The van der Waals surface area contributed by atoms with Gasteiger partial charge in [0.05, 0.1) is 24.4 Å². The third-order valence-electron chi connectivity index (χ3n) is 4.88. The zero-order valence-electron chi connectivity index (χ0n) is 17.4. The summed E-state index contributed by atoms with van der Waals surface area (Å²) >= 11 is 3.47. The SMILES string of the molecule is Cc1nn(CC(C)C)c(C)c1CC(=O)N(Cc1ccccn1)c1ccc(Br)cc1. The first-order valence-corrected chi connectivity index (χ1v) is 10.6. The summed E-state index contributed by atoms with van der Waals surface area (Å²) in [6, 6.07) is 13.6. The van der Waals surface area contributed by atoms with Gasteiger partial charge >= 0.3 is 0 Å². The van der Waals surface area contributed by atoms with Gasteiger partial charge in [-0.3, -0.25) is 14.5 Å². The Balaban J connectivity index is 1.89. The molecule has 6 heteroatoms. The molecule has 0 aliphatic rings. The molecule has 0 spiro atoms. The van der Waals surface area contributed by atoms with Crippen LogP contribution in [0, 0.1) is 19.8 Å². The van der Waals surface area contributed by atoms with E-state index in [1.165, 1.54) is 0 Å². The van der Waals surface area contributed by atoms with Gasteiger partial charge in [-0.2, -0.15) is 5.10 Å². The smallest absolute Gasteiger partial charge is 0.231 e. The first-order valence-electron chi connectivity index (χ1n) is 9.84. The maximum atomic E-state index is 13.4. The number of halogens is 1. The minimum absolute atomic E-state index is 0.0354. The molecule has 3 rings (SSSR count). The summed E-state index contributed by atoms with van der Waals surface area (Å²) in [5.41, 5.74) is 4.71. The quantitative estimate of drug-likeness (QED) is 0.499. The number of anilines is 1. The molecule has 29 heavy (non-hydrogen) atoms. The Morgan fingerprint density at radius 1 is 1.14 bits per heavy atom. The number of hydrogen-bond donors (Lipinski definition) is 0. The van der Waals surface area contributed by atoms with Gasteiger partial charge in [-0.25, -0.2) is 0 Å². The summed E-state index contributed by atoms with van der Waals surface area (Å²) in [6.07, 6.45) is 2.07. The first-order chi connectivity index (χ1) is 13.8. The Kier molecular flexibility index (Phi) is 6.85. The molecule has 0 aliphatic heterocycles. The van der Waals surface area contributed by atoms with Gasteiger partial charge in [0.15, 0.2) is 0 Å². The van der Waals surface area contributed by atoms with Crippen molar-refractivity contribution < 1.29 is 4.79 Å². The van der Waals surface area contributed by atoms with E-state index >= 15 is 0 Å². The average molecular weight is 455 g/mol. The second-order valence-corrected chi connectivity index (χ2v) is 8.60. The van der Waals surface area contributed by atoms with Gasteiger partial charge in [0.1, 0.15) is 0 Å². The minimum atomic E-state index is 0.0354. The number of rotatable bonds is 7. The van der Waals surface area contributed by atoms with Gasteiger partial charge in [-0.05, 0) is 56.2 Å². The summed E-state index contributed by atoms with van der Waals surface area (Å²) in [5.74, 6) is 0.535. The van der Waals surface area contributed by atoms with Crippen LogP contribution in [0.15, 0.2) is 53.1 Å². The van der Waals surface area contributed by atoms with Crippen LogP contribution in [0.25, 0.3) is 0 Å². The van der Waals surface area contributed by atoms with E-state index < -0.39 is 0 Å². The molecule has 2 aromatic heterocycles. The summed E-state index contributed by atoms with van der Waals surface area (Å²) in [6.45, 7) is 9.65. The molecule has 0 fully saturated rings. The Hall–Kier alpha value is -2.47. The van der Waals surface area contributed by atoms with Crippen molar-refractivity contribution in [2.45, 2.75) is 47.2 Å². The minimum Gasteiger partial charge on any atom is -0.306 e. The predicted octanol–water partition coefficient (Wildman–Crippen LogP) is 5.09. The summed E-state index contributed by atoms with van der Waals surface area (Å²) in [5, 5.41) is 4.66. The maximum Gasteiger partial charge on any atom is 0.231 e. The lowest BCUT2D eigenvalue weighted by Gasteiger charge is -2.23. The predicted molar refractivity (Wildman–Crippen MR) is 120 cm³/mol. The van der Waals surface area contributed by atoms with Crippen LogP contribution in [0.5, 0.6) is 0 Å². The van der Waals surface area contributed by atoms with Gasteiger partial charge in [0.25, 0.3) is 0 Å². The number of amides is 1. The average Bonchev–Trinajstić information content (AvgIpc) is 2.94. The lowest BCUT2D eigenvalue weighted by Crippen LogP contribution is -2.32. The molecule has 0 saturated heterocycles. The molecule has 0 radical (unpaired) electrons. The number of aromatic nitrogens is 3. The highest BCUT2D eigenvalue weighted by Gasteiger charge is 2.21. The topological polar surface area (TPSA) is 51.0 Å². The number of aryl methyl sites for hydroxylation is 1. The fourth-order valence-corrected chi connectivity index (χ4v) is 3.62. The zero-order chi connectivity index (χ0) is 21.0. The van der Waals surface area contributed by atoms with Gasteiger partial charge in [0, 0.05) is 34.2 Å². The van der Waals surface area contributed by atoms with Gasteiger partial charge < -0.3 is 4.90 Å². The highest BCUT2D eigenvalue weighted by molar-refractivity contribution is 9.10. The highest BCUT2D eigenvalue weighted by Crippen LogP contribution is 2.23. The van der Waals surface area contributed by atoms with Crippen LogP contribution in [0.3, 0.4) is 0 Å². The second-order valence-electron chi connectivity index (χ2n) is 7.68. The molecule has 0 N–H and O–H groups in total. The van der Waals surface area contributed by atoms with Crippen molar-refractivity contribution in [3.63, 3.8) is 0 Å². The van der Waals surface area contributed by atoms with Crippen LogP contribution in [0.1, 0.15) is 36.5 Å². The summed E-state index contributed by atoms with van der Waals surface area (Å²) < 4.78 is 3.00. The van der Waals surface area contributed by atoms with E-state index in [4.69, 9.17) is 0 Å². The van der Waals surface area contributed by atoms with Crippen molar-refractivity contribution >= 4 is 27.5 Å². The lowest BCUT2D eigenvalue weighted by atomic mass is 10.1. The monoisotopic (exact) mass is 454 g/mol. The molecule has 152 valence electrons.